The van der Waals surface area contributed by atoms with E-state index in [1.54, 1.807) is 18.2 Å². The van der Waals surface area contributed by atoms with Gasteiger partial charge in [-0.1, -0.05) is 23.4 Å². The maximum atomic E-state index is 15.6. The summed E-state index contributed by atoms with van der Waals surface area (Å²) in [5.74, 6) is 3.44. The molecule has 1 aliphatic heterocycles. The van der Waals surface area contributed by atoms with E-state index in [2.05, 4.69) is 16.8 Å². The first kappa shape index (κ1) is 26.8. The molecule has 0 aliphatic carbocycles. The first-order chi connectivity index (χ1) is 17.7. The van der Waals surface area contributed by atoms with E-state index in [-0.39, 0.29) is 23.4 Å². The molecule has 1 N–H and O–H groups in total. The molecule has 1 atom stereocenters. The molecule has 194 valence electrons. The molecule has 5 nitrogen and oxygen atoms in total. The van der Waals surface area contributed by atoms with Crippen LogP contribution in [-0.2, 0) is 4.79 Å². The number of rotatable bonds is 7. The number of methoxy groups -OCH3 is 1. The molecule has 2 aromatic carbocycles. The van der Waals surface area contributed by atoms with Crippen LogP contribution in [0.5, 0.6) is 5.75 Å². The van der Waals surface area contributed by atoms with Gasteiger partial charge in [-0.2, -0.15) is 0 Å². The molecule has 1 saturated heterocycles. The standard InChI is InChI=1S/C28H26ClF3N2O3/c1-37-19-5-7-25-20(16-19)26(21(29)17-33-25)23(31)8-9-28(27(35)36)10-13-34(14-11-28)12-2-3-18-4-6-22(30)24(32)15-18/h4-7,15-17,23H,8-14H2,1H3,(H,35,36). The average Bonchev–Trinajstić information content (AvgIpc) is 2.89. The van der Waals surface area contributed by atoms with Gasteiger partial charge in [-0.15, -0.1) is 0 Å². The lowest BCUT2D eigenvalue weighted by Crippen LogP contribution is -2.44. The predicted molar refractivity (Wildman–Crippen MR) is 135 cm³/mol. The molecule has 1 aromatic heterocycles. The van der Waals surface area contributed by atoms with Crippen LogP contribution in [0.25, 0.3) is 10.9 Å². The van der Waals surface area contributed by atoms with E-state index >= 15 is 4.39 Å². The molecule has 0 saturated carbocycles. The van der Waals surface area contributed by atoms with E-state index in [0.717, 1.165) is 12.1 Å². The van der Waals surface area contributed by atoms with E-state index < -0.39 is 29.2 Å². The third-order valence-electron chi connectivity index (χ3n) is 6.98. The van der Waals surface area contributed by atoms with Crippen LogP contribution < -0.4 is 4.74 Å². The molecular formula is C28H26ClF3N2O3. The van der Waals surface area contributed by atoms with Crippen molar-refractivity contribution in [2.45, 2.75) is 31.9 Å². The van der Waals surface area contributed by atoms with Gasteiger partial charge in [-0.05, 0) is 62.1 Å². The number of pyridine rings is 1. The van der Waals surface area contributed by atoms with Crippen molar-refractivity contribution in [2.24, 2.45) is 5.41 Å². The quantitative estimate of drug-likeness (QED) is 0.369. The first-order valence-electron chi connectivity index (χ1n) is 11.9. The van der Waals surface area contributed by atoms with Gasteiger partial charge in [0.25, 0.3) is 0 Å². The summed E-state index contributed by atoms with van der Waals surface area (Å²) in [6.07, 6.45) is 0.785. The zero-order chi connectivity index (χ0) is 26.6. The SMILES string of the molecule is COc1ccc2ncc(Cl)c(C(F)CCC3(C(=O)O)CCN(CC#Cc4ccc(F)c(F)c4)CC3)c2c1. The van der Waals surface area contributed by atoms with Gasteiger partial charge < -0.3 is 9.84 Å². The minimum atomic E-state index is -1.47. The maximum absolute atomic E-state index is 15.6. The number of fused-ring (bicyclic) bond motifs is 1. The number of ether oxygens (including phenoxy) is 1. The highest BCUT2D eigenvalue weighted by atomic mass is 35.5. The molecule has 37 heavy (non-hydrogen) atoms. The molecule has 1 aliphatic rings. The van der Waals surface area contributed by atoms with Gasteiger partial charge >= 0.3 is 5.97 Å². The van der Waals surface area contributed by atoms with Crippen molar-refractivity contribution >= 4 is 28.5 Å². The van der Waals surface area contributed by atoms with Crippen LogP contribution in [0.2, 0.25) is 5.02 Å². The second kappa shape index (κ2) is 11.4. The van der Waals surface area contributed by atoms with Crippen molar-refractivity contribution in [3.05, 3.63) is 70.4 Å². The molecule has 2 heterocycles. The summed E-state index contributed by atoms with van der Waals surface area (Å²) in [5.41, 5.74) is 0.177. The molecule has 1 unspecified atom stereocenters. The zero-order valence-corrected chi connectivity index (χ0v) is 21.0. The fraction of sp³-hybridized carbons (Fsp3) is 0.357. The third kappa shape index (κ3) is 6.00. The summed E-state index contributed by atoms with van der Waals surface area (Å²) in [7, 11) is 1.52. The van der Waals surface area contributed by atoms with Crippen LogP contribution in [0.4, 0.5) is 13.2 Å². The molecule has 4 rings (SSSR count). The summed E-state index contributed by atoms with van der Waals surface area (Å²) in [5, 5.41) is 10.8. The average molecular weight is 531 g/mol. The van der Waals surface area contributed by atoms with Crippen LogP contribution >= 0.6 is 11.6 Å². The first-order valence-corrected chi connectivity index (χ1v) is 12.3. The lowest BCUT2D eigenvalue weighted by molar-refractivity contribution is -0.152. The minimum Gasteiger partial charge on any atom is -0.497 e. The molecule has 0 bridgehead atoms. The molecule has 1 fully saturated rings. The molecule has 0 spiro atoms. The van der Waals surface area contributed by atoms with Crippen LogP contribution in [0.3, 0.4) is 0 Å². The summed E-state index contributed by atoms with van der Waals surface area (Å²) < 4.78 is 47.2. The Labute approximate surface area is 218 Å². The van der Waals surface area contributed by atoms with E-state index in [4.69, 9.17) is 16.3 Å². The number of aliphatic carboxylic acids is 1. The van der Waals surface area contributed by atoms with Crippen molar-refractivity contribution in [3.63, 3.8) is 0 Å². The summed E-state index contributed by atoms with van der Waals surface area (Å²) >= 11 is 6.32. The second-order valence-electron chi connectivity index (χ2n) is 9.20. The van der Waals surface area contributed by atoms with Crippen molar-refractivity contribution in [2.75, 3.05) is 26.7 Å². The van der Waals surface area contributed by atoms with E-state index in [9.17, 15) is 18.7 Å². The zero-order valence-electron chi connectivity index (χ0n) is 20.2. The van der Waals surface area contributed by atoms with Gasteiger partial charge in [0, 0.05) is 35.8 Å². The van der Waals surface area contributed by atoms with Crippen LogP contribution in [0, 0.1) is 28.9 Å². The highest BCUT2D eigenvalue weighted by molar-refractivity contribution is 6.32. The van der Waals surface area contributed by atoms with Crippen molar-refractivity contribution < 1.29 is 27.8 Å². The van der Waals surface area contributed by atoms with Gasteiger partial charge in [-0.3, -0.25) is 14.7 Å². The third-order valence-corrected chi connectivity index (χ3v) is 7.28. The lowest BCUT2D eigenvalue weighted by atomic mass is 9.74. The number of carbonyl (C=O) groups is 1. The molecule has 0 amide bonds. The number of benzene rings is 2. The van der Waals surface area contributed by atoms with Crippen molar-refractivity contribution in [1.29, 1.82) is 0 Å². The number of carboxylic acids is 1. The fourth-order valence-corrected chi connectivity index (χ4v) is 4.97. The number of aromatic nitrogens is 1. The largest absolute Gasteiger partial charge is 0.497 e. The summed E-state index contributed by atoms with van der Waals surface area (Å²) in [6, 6.07) is 8.61. The Bertz CT molecular complexity index is 1360. The topological polar surface area (TPSA) is 62.7 Å². The molecule has 9 heteroatoms. The fourth-order valence-electron chi connectivity index (χ4n) is 4.70. The number of piperidine rings is 1. The number of carboxylic acid groups (broad SMARTS) is 1. The van der Waals surface area contributed by atoms with Crippen molar-refractivity contribution in [1.82, 2.24) is 9.88 Å². The minimum absolute atomic E-state index is 0.00171. The Kier molecular flexibility index (Phi) is 8.25. The number of nitrogens with zero attached hydrogens (tertiary/aromatic N) is 2. The van der Waals surface area contributed by atoms with Crippen molar-refractivity contribution in [3.8, 4) is 17.6 Å². The van der Waals surface area contributed by atoms with E-state index in [1.165, 1.54) is 19.4 Å². The van der Waals surface area contributed by atoms with Gasteiger partial charge in [0.1, 0.15) is 11.9 Å². The summed E-state index contributed by atoms with van der Waals surface area (Å²) in [4.78, 5) is 18.5. The Balaban J connectivity index is 1.41. The number of halogens is 4. The normalized spacial score (nSPS) is 16.1. The van der Waals surface area contributed by atoms with Gasteiger partial charge in [-0.25, -0.2) is 13.2 Å². The number of hydrogen-bond donors (Lipinski definition) is 1. The second-order valence-corrected chi connectivity index (χ2v) is 9.61. The molecule has 0 radical (unpaired) electrons. The molecular weight excluding hydrogens is 505 g/mol. The Morgan fingerprint density at radius 1 is 1.22 bits per heavy atom. The van der Waals surface area contributed by atoms with Crippen LogP contribution in [0.15, 0.2) is 42.6 Å². The number of alkyl halides is 1. The predicted octanol–water partition coefficient (Wildman–Crippen LogP) is 6.18. The number of likely N-dealkylation sites (tertiary alicyclic amines) is 1. The summed E-state index contributed by atoms with van der Waals surface area (Å²) in [6.45, 7) is 1.32. The highest BCUT2D eigenvalue weighted by Gasteiger charge is 2.41. The van der Waals surface area contributed by atoms with Crippen LogP contribution in [0.1, 0.15) is 43.0 Å². The Morgan fingerprint density at radius 2 is 1.97 bits per heavy atom. The van der Waals surface area contributed by atoms with Gasteiger partial charge in [0.15, 0.2) is 11.6 Å². The lowest BCUT2D eigenvalue weighted by Gasteiger charge is -2.38. The number of hydrogen-bond acceptors (Lipinski definition) is 4. The Hall–Kier alpha value is -3.28. The van der Waals surface area contributed by atoms with E-state index in [0.29, 0.717) is 54.7 Å². The van der Waals surface area contributed by atoms with Gasteiger partial charge in [0.2, 0.25) is 0 Å². The Morgan fingerprint density at radius 3 is 2.65 bits per heavy atom. The smallest absolute Gasteiger partial charge is 0.309 e. The van der Waals surface area contributed by atoms with Gasteiger partial charge in [0.05, 0.1) is 29.6 Å². The molecule has 3 aromatic rings. The van der Waals surface area contributed by atoms with Crippen LogP contribution in [-0.4, -0.2) is 47.7 Å². The van der Waals surface area contributed by atoms with E-state index in [1.807, 2.05) is 4.90 Å². The maximum Gasteiger partial charge on any atom is 0.309 e. The monoisotopic (exact) mass is 530 g/mol. The highest BCUT2D eigenvalue weighted by Crippen LogP contribution is 2.42.